The van der Waals surface area contributed by atoms with Gasteiger partial charge in [0.15, 0.2) is 0 Å². The van der Waals surface area contributed by atoms with E-state index in [-0.39, 0.29) is 11.6 Å². The van der Waals surface area contributed by atoms with Crippen molar-refractivity contribution < 1.29 is 9.53 Å². The number of aryl methyl sites for hydroxylation is 1. The van der Waals surface area contributed by atoms with Gasteiger partial charge in [0.05, 0.1) is 12.6 Å². The molecular weight excluding hydrogens is 430 g/mol. The summed E-state index contributed by atoms with van der Waals surface area (Å²) >= 11 is 3.41. The van der Waals surface area contributed by atoms with Gasteiger partial charge in [0.25, 0.3) is 5.91 Å². The van der Waals surface area contributed by atoms with E-state index in [0.717, 1.165) is 27.8 Å². The van der Waals surface area contributed by atoms with Crippen molar-refractivity contribution in [3.63, 3.8) is 0 Å². The molecule has 2 aromatic rings. The molecule has 1 atom stereocenters. The average molecular weight is 456 g/mol. The molecule has 0 aliphatic heterocycles. The number of benzene rings is 2. The highest BCUT2D eigenvalue weighted by Gasteiger charge is 2.17. The van der Waals surface area contributed by atoms with Crippen molar-refractivity contribution in [3.05, 3.63) is 75.4 Å². The molecule has 2 rings (SSSR count). The highest BCUT2D eigenvalue weighted by Crippen LogP contribution is 2.26. The highest BCUT2D eigenvalue weighted by atomic mass is 79.9. The van der Waals surface area contributed by atoms with Crippen molar-refractivity contribution in [2.75, 3.05) is 13.2 Å². The molecule has 0 fully saturated rings. The van der Waals surface area contributed by atoms with E-state index in [1.54, 1.807) is 0 Å². The summed E-state index contributed by atoms with van der Waals surface area (Å²) in [6, 6.07) is 15.6. The largest absolute Gasteiger partial charge is 0.494 e. The lowest BCUT2D eigenvalue weighted by atomic mass is 10.0. The van der Waals surface area contributed by atoms with E-state index in [4.69, 9.17) is 4.74 Å². The number of amides is 1. The molecular formula is C23H26BrN3O2. The minimum absolute atomic E-state index is 0.0401. The van der Waals surface area contributed by atoms with Crippen LogP contribution in [0.2, 0.25) is 0 Å². The predicted octanol–water partition coefficient (Wildman–Crippen LogP) is 4.57. The average Bonchev–Trinajstić information content (AvgIpc) is 2.70. The second kappa shape index (κ2) is 11.3. The Bertz CT molecular complexity index is 901. The Labute approximate surface area is 180 Å². The maximum atomic E-state index is 12.5. The Morgan fingerprint density at radius 1 is 1.28 bits per heavy atom. The summed E-state index contributed by atoms with van der Waals surface area (Å²) in [4.78, 5) is 12.5. The number of hydrogen-bond donors (Lipinski definition) is 2. The Hall–Kier alpha value is -2.78. The molecule has 1 amide bonds. The molecule has 2 aromatic carbocycles. The molecule has 6 heteroatoms. The molecule has 1 unspecified atom stereocenters. The van der Waals surface area contributed by atoms with Crippen molar-refractivity contribution >= 4 is 21.8 Å². The summed E-state index contributed by atoms with van der Waals surface area (Å²) in [6.45, 7) is 6.96. The molecule has 0 saturated heterocycles. The minimum Gasteiger partial charge on any atom is -0.494 e. The zero-order chi connectivity index (χ0) is 21.2. The molecule has 0 aliphatic carbocycles. The van der Waals surface area contributed by atoms with E-state index in [0.29, 0.717) is 13.2 Å². The smallest absolute Gasteiger partial charge is 0.263 e. The van der Waals surface area contributed by atoms with Gasteiger partial charge in [0.1, 0.15) is 17.4 Å². The second-order valence-corrected chi connectivity index (χ2v) is 7.59. The third-order valence-electron chi connectivity index (χ3n) is 4.36. The molecule has 29 heavy (non-hydrogen) atoms. The molecule has 0 radical (unpaired) electrons. The summed E-state index contributed by atoms with van der Waals surface area (Å²) in [5.41, 5.74) is 3.18. The van der Waals surface area contributed by atoms with Crippen LogP contribution in [-0.4, -0.2) is 19.1 Å². The number of nitrogens with zero attached hydrogens (tertiary/aromatic N) is 1. The fourth-order valence-electron chi connectivity index (χ4n) is 2.84. The highest BCUT2D eigenvalue weighted by molar-refractivity contribution is 9.10. The van der Waals surface area contributed by atoms with Crippen LogP contribution in [0.3, 0.4) is 0 Å². The summed E-state index contributed by atoms with van der Waals surface area (Å²) in [5.74, 6) is 0.320. The van der Waals surface area contributed by atoms with E-state index in [2.05, 4.69) is 26.6 Å². The summed E-state index contributed by atoms with van der Waals surface area (Å²) in [6.07, 6.45) is 2.27. The van der Waals surface area contributed by atoms with Gasteiger partial charge < -0.3 is 15.4 Å². The number of hydrogen-bond acceptors (Lipinski definition) is 4. The van der Waals surface area contributed by atoms with Crippen LogP contribution in [-0.2, 0) is 11.2 Å². The maximum Gasteiger partial charge on any atom is 0.263 e. The van der Waals surface area contributed by atoms with Crippen molar-refractivity contribution in [2.45, 2.75) is 33.2 Å². The predicted molar refractivity (Wildman–Crippen MR) is 118 cm³/mol. The van der Waals surface area contributed by atoms with Gasteiger partial charge >= 0.3 is 0 Å². The van der Waals surface area contributed by atoms with Crippen molar-refractivity contribution in [1.82, 2.24) is 10.6 Å². The molecule has 0 saturated carbocycles. The normalized spacial score (nSPS) is 12.0. The van der Waals surface area contributed by atoms with E-state index < -0.39 is 5.91 Å². The molecule has 0 aromatic heterocycles. The number of carbonyl (C=O) groups is 1. The van der Waals surface area contributed by atoms with Crippen LogP contribution in [0.25, 0.3) is 0 Å². The standard InChI is InChI=1S/C23H26BrN3O2/c1-4-29-22-10-5-16(2)13-21(22)17(3)27-23(28)19(14-25)15-26-12-11-18-6-8-20(24)9-7-18/h5-10,13,15,17,26H,4,11-12H2,1-3H3,(H,27,28)/b19-15-. The number of nitrogens with one attached hydrogen (secondary N) is 2. The Morgan fingerprint density at radius 3 is 2.66 bits per heavy atom. The number of rotatable bonds is 9. The van der Waals surface area contributed by atoms with Crippen LogP contribution in [0, 0.1) is 18.3 Å². The van der Waals surface area contributed by atoms with Crippen LogP contribution in [0.4, 0.5) is 0 Å². The number of nitriles is 1. The first-order valence-corrected chi connectivity index (χ1v) is 10.4. The topological polar surface area (TPSA) is 74.1 Å². The quantitative estimate of drug-likeness (QED) is 0.329. The monoisotopic (exact) mass is 455 g/mol. The molecule has 0 bridgehead atoms. The third-order valence-corrected chi connectivity index (χ3v) is 4.89. The maximum absolute atomic E-state index is 12.5. The van der Waals surface area contributed by atoms with E-state index >= 15 is 0 Å². The van der Waals surface area contributed by atoms with Crippen molar-refractivity contribution in [1.29, 1.82) is 5.26 Å². The number of ether oxygens (including phenoxy) is 1. The van der Waals surface area contributed by atoms with Gasteiger partial charge in [-0.2, -0.15) is 5.26 Å². The number of carbonyl (C=O) groups excluding carboxylic acids is 1. The molecule has 0 spiro atoms. The fourth-order valence-corrected chi connectivity index (χ4v) is 3.10. The summed E-state index contributed by atoms with van der Waals surface area (Å²) in [5, 5.41) is 15.3. The Morgan fingerprint density at radius 2 is 2.00 bits per heavy atom. The van der Waals surface area contributed by atoms with Gasteiger partial charge in [-0.05, 0) is 51.0 Å². The second-order valence-electron chi connectivity index (χ2n) is 6.67. The fraction of sp³-hybridized carbons (Fsp3) is 0.304. The van der Waals surface area contributed by atoms with Gasteiger partial charge in [-0.25, -0.2) is 0 Å². The molecule has 0 aliphatic rings. The van der Waals surface area contributed by atoms with E-state index in [9.17, 15) is 10.1 Å². The first-order valence-electron chi connectivity index (χ1n) is 9.57. The van der Waals surface area contributed by atoms with E-state index in [1.807, 2.05) is 69.3 Å². The molecule has 152 valence electrons. The van der Waals surface area contributed by atoms with Crippen molar-refractivity contribution in [2.24, 2.45) is 0 Å². The Kier molecular flexibility index (Phi) is 8.75. The van der Waals surface area contributed by atoms with Crippen LogP contribution in [0.1, 0.15) is 36.6 Å². The zero-order valence-corrected chi connectivity index (χ0v) is 18.5. The minimum atomic E-state index is -0.417. The lowest BCUT2D eigenvalue weighted by Crippen LogP contribution is -2.29. The van der Waals surface area contributed by atoms with Gasteiger partial charge in [-0.1, -0.05) is 45.8 Å². The van der Waals surface area contributed by atoms with Crippen LogP contribution < -0.4 is 15.4 Å². The van der Waals surface area contributed by atoms with Crippen LogP contribution in [0.15, 0.2) is 58.7 Å². The first kappa shape index (κ1) is 22.5. The lowest BCUT2D eigenvalue weighted by molar-refractivity contribution is -0.117. The number of halogens is 1. The van der Waals surface area contributed by atoms with E-state index in [1.165, 1.54) is 11.8 Å². The Balaban J connectivity index is 1.96. The van der Waals surface area contributed by atoms with Crippen molar-refractivity contribution in [3.8, 4) is 11.8 Å². The van der Waals surface area contributed by atoms with Crippen LogP contribution >= 0.6 is 15.9 Å². The summed E-state index contributed by atoms with van der Waals surface area (Å²) in [7, 11) is 0. The van der Waals surface area contributed by atoms with Gasteiger partial charge in [0, 0.05) is 22.8 Å². The van der Waals surface area contributed by atoms with Gasteiger partial charge in [0.2, 0.25) is 0 Å². The zero-order valence-electron chi connectivity index (χ0n) is 17.0. The molecule has 0 heterocycles. The lowest BCUT2D eigenvalue weighted by Gasteiger charge is -2.18. The molecule has 5 nitrogen and oxygen atoms in total. The molecule has 2 N–H and O–H groups in total. The summed E-state index contributed by atoms with van der Waals surface area (Å²) < 4.78 is 6.70. The van der Waals surface area contributed by atoms with Crippen LogP contribution in [0.5, 0.6) is 5.75 Å². The SMILES string of the molecule is CCOc1ccc(C)cc1C(C)NC(=O)/C(C#N)=C\NCCc1ccc(Br)cc1. The third kappa shape index (κ3) is 6.95. The first-order chi connectivity index (χ1) is 13.9. The van der Waals surface area contributed by atoms with Gasteiger partial charge in [-0.3, -0.25) is 4.79 Å². The van der Waals surface area contributed by atoms with Gasteiger partial charge in [-0.15, -0.1) is 0 Å².